The molecule has 20 heavy (non-hydrogen) atoms. The van der Waals surface area contributed by atoms with E-state index in [-0.39, 0.29) is 18.6 Å². The van der Waals surface area contributed by atoms with Gasteiger partial charge in [0.25, 0.3) is 0 Å². The van der Waals surface area contributed by atoms with E-state index in [1.807, 2.05) is 30.3 Å². The smallest absolute Gasteiger partial charge is 0.119 e. The number of benzene rings is 1. The maximum Gasteiger partial charge on any atom is 0.119 e. The minimum Gasteiger partial charge on any atom is -0.494 e. The van der Waals surface area contributed by atoms with E-state index in [1.54, 1.807) is 0 Å². The van der Waals surface area contributed by atoms with Gasteiger partial charge in [-0.2, -0.15) is 0 Å². The fraction of sp³-hybridized carbons (Fsp3) is 0.625. The minimum absolute atomic E-state index is 0.0627. The number of rotatable bonds is 7. The predicted molar refractivity (Wildman–Crippen MR) is 78.8 cm³/mol. The standard InChI is InChI=1S/C16H25NO3/c18-13-14-8-10-17(12-16(14)19)9-4-5-11-20-15-6-2-1-3-7-15/h1-3,6-7,14,16,18-19H,4-5,8-13H2/t14-,16-/m1/s1. The second-order valence-corrected chi connectivity index (χ2v) is 5.47. The number of ether oxygens (including phenoxy) is 1. The summed E-state index contributed by atoms with van der Waals surface area (Å²) < 4.78 is 5.65. The highest BCUT2D eigenvalue weighted by molar-refractivity contribution is 5.20. The van der Waals surface area contributed by atoms with Crippen molar-refractivity contribution in [2.45, 2.75) is 25.4 Å². The van der Waals surface area contributed by atoms with Crippen molar-refractivity contribution in [2.24, 2.45) is 5.92 Å². The van der Waals surface area contributed by atoms with Gasteiger partial charge < -0.3 is 19.8 Å². The summed E-state index contributed by atoms with van der Waals surface area (Å²) in [6.45, 7) is 3.49. The molecule has 1 heterocycles. The van der Waals surface area contributed by atoms with Crippen LogP contribution in [0.25, 0.3) is 0 Å². The Labute approximate surface area is 121 Å². The van der Waals surface area contributed by atoms with Crippen LogP contribution < -0.4 is 4.74 Å². The first-order chi connectivity index (χ1) is 9.79. The van der Waals surface area contributed by atoms with E-state index in [4.69, 9.17) is 9.84 Å². The number of piperidine rings is 1. The van der Waals surface area contributed by atoms with E-state index in [9.17, 15) is 5.11 Å². The Morgan fingerprint density at radius 2 is 2.00 bits per heavy atom. The summed E-state index contributed by atoms with van der Waals surface area (Å²) in [6.07, 6.45) is 2.60. The predicted octanol–water partition coefficient (Wildman–Crippen LogP) is 1.52. The number of para-hydroxylation sites is 1. The Hall–Kier alpha value is -1.10. The van der Waals surface area contributed by atoms with Crippen molar-refractivity contribution in [1.29, 1.82) is 0 Å². The summed E-state index contributed by atoms with van der Waals surface area (Å²) >= 11 is 0. The SMILES string of the molecule is OC[C@H]1CCN(CCCCOc2ccccc2)C[C@H]1O. The topological polar surface area (TPSA) is 52.9 Å². The summed E-state index contributed by atoms with van der Waals surface area (Å²) in [6, 6.07) is 9.87. The Morgan fingerprint density at radius 3 is 2.70 bits per heavy atom. The highest BCUT2D eigenvalue weighted by Crippen LogP contribution is 2.17. The molecule has 2 rings (SSSR count). The number of hydrogen-bond acceptors (Lipinski definition) is 4. The van der Waals surface area contributed by atoms with Gasteiger partial charge in [0.1, 0.15) is 5.75 Å². The largest absolute Gasteiger partial charge is 0.494 e. The molecule has 0 aliphatic carbocycles. The fourth-order valence-electron chi connectivity index (χ4n) is 2.61. The molecule has 2 atom stereocenters. The normalized spacial score (nSPS) is 23.7. The average molecular weight is 279 g/mol. The second kappa shape index (κ2) is 8.25. The summed E-state index contributed by atoms with van der Waals surface area (Å²) in [5.74, 6) is 0.986. The molecule has 1 aliphatic heterocycles. The van der Waals surface area contributed by atoms with Crippen LogP contribution in [0.1, 0.15) is 19.3 Å². The van der Waals surface area contributed by atoms with Crippen LogP contribution in [0.4, 0.5) is 0 Å². The Morgan fingerprint density at radius 1 is 1.20 bits per heavy atom. The number of aliphatic hydroxyl groups excluding tert-OH is 2. The first-order valence-electron chi connectivity index (χ1n) is 7.48. The fourth-order valence-corrected chi connectivity index (χ4v) is 2.61. The molecule has 1 aromatic carbocycles. The van der Waals surface area contributed by atoms with Crippen molar-refractivity contribution < 1.29 is 14.9 Å². The van der Waals surface area contributed by atoms with Crippen LogP contribution in [-0.2, 0) is 0 Å². The zero-order valence-corrected chi connectivity index (χ0v) is 11.9. The van der Waals surface area contributed by atoms with Gasteiger partial charge in [0.2, 0.25) is 0 Å². The molecule has 1 aromatic rings. The second-order valence-electron chi connectivity index (χ2n) is 5.47. The van der Waals surface area contributed by atoms with Crippen LogP contribution in [0.5, 0.6) is 5.75 Å². The maximum atomic E-state index is 9.86. The van der Waals surface area contributed by atoms with Crippen LogP contribution in [0.2, 0.25) is 0 Å². The number of unbranched alkanes of at least 4 members (excludes halogenated alkanes) is 1. The van der Waals surface area contributed by atoms with E-state index < -0.39 is 0 Å². The van der Waals surface area contributed by atoms with E-state index in [0.717, 1.165) is 44.7 Å². The zero-order chi connectivity index (χ0) is 14.2. The van der Waals surface area contributed by atoms with Crippen molar-refractivity contribution >= 4 is 0 Å². The lowest BCUT2D eigenvalue weighted by Gasteiger charge is -2.35. The molecule has 0 unspecified atom stereocenters. The molecular formula is C16H25NO3. The summed E-state index contributed by atoms with van der Waals surface area (Å²) in [4.78, 5) is 2.28. The number of β-amino-alcohol motifs (C(OH)–C–C–N with tert-alkyl or cyclic N) is 1. The highest BCUT2D eigenvalue weighted by Gasteiger charge is 2.26. The molecule has 0 bridgehead atoms. The molecule has 0 amide bonds. The summed E-state index contributed by atoms with van der Waals surface area (Å²) in [5.41, 5.74) is 0. The average Bonchev–Trinajstić information content (AvgIpc) is 2.48. The lowest BCUT2D eigenvalue weighted by Crippen LogP contribution is -2.45. The van der Waals surface area contributed by atoms with E-state index >= 15 is 0 Å². The van der Waals surface area contributed by atoms with E-state index in [2.05, 4.69) is 4.90 Å². The van der Waals surface area contributed by atoms with E-state index in [0.29, 0.717) is 6.54 Å². The third kappa shape index (κ3) is 4.78. The molecule has 1 saturated heterocycles. The van der Waals surface area contributed by atoms with E-state index in [1.165, 1.54) is 0 Å². The van der Waals surface area contributed by atoms with Gasteiger partial charge in [-0.15, -0.1) is 0 Å². The first-order valence-corrected chi connectivity index (χ1v) is 7.48. The third-order valence-electron chi connectivity index (χ3n) is 3.92. The Kier molecular flexibility index (Phi) is 6.30. The summed E-state index contributed by atoms with van der Waals surface area (Å²) in [7, 11) is 0. The van der Waals surface area contributed by atoms with Crippen molar-refractivity contribution in [1.82, 2.24) is 4.90 Å². The maximum absolute atomic E-state index is 9.86. The van der Waals surface area contributed by atoms with Gasteiger partial charge >= 0.3 is 0 Å². The molecule has 2 N–H and O–H groups in total. The summed E-state index contributed by atoms with van der Waals surface area (Å²) in [5, 5.41) is 19.0. The lowest BCUT2D eigenvalue weighted by molar-refractivity contribution is -0.00237. The van der Waals surface area contributed by atoms with Gasteiger partial charge in [-0.25, -0.2) is 0 Å². The molecular weight excluding hydrogens is 254 g/mol. The zero-order valence-electron chi connectivity index (χ0n) is 11.9. The number of likely N-dealkylation sites (tertiary alicyclic amines) is 1. The molecule has 0 radical (unpaired) electrons. The van der Waals surface area contributed by atoms with Crippen LogP contribution in [0.15, 0.2) is 30.3 Å². The van der Waals surface area contributed by atoms with Gasteiger partial charge in [0, 0.05) is 19.1 Å². The number of hydrogen-bond donors (Lipinski definition) is 2. The molecule has 1 fully saturated rings. The monoisotopic (exact) mass is 279 g/mol. The van der Waals surface area contributed by atoms with Crippen molar-refractivity contribution in [3.8, 4) is 5.75 Å². The third-order valence-corrected chi connectivity index (χ3v) is 3.92. The molecule has 112 valence electrons. The molecule has 4 nitrogen and oxygen atoms in total. The van der Waals surface area contributed by atoms with Crippen LogP contribution in [0, 0.1) is 5.92 Å². The van der Waals surface area contributed by atoms with Crippen molar-refractivity contribution in [3.63, 3.8) is 0 Å². The quantitative estimate of drug-likeness (QED) is 0.743. The van der Waals surface area contributed by atoms with Crippen LogP contribution in [0.3, 0.4) is 0 Å². The Balaban J connectivity index is 1.55. The van der Waals surface area contributed by atoms with Crippen LogP contribution >= 0.6 is 0 Å². The highest BCUT2D eigenvalue weighted by atomic mass is 16.5. The van der Waals surface area contributed by atoms with Crippen LogP contribution in [-0.4, -0.2) is 54.1 Å². The van der Waals surface area contributed by atoms with Crippen molar-refractivity contribution in [2.75, 3.05) is 32.8 Å². The van der Waals surface area contributed by atoms with Gasteiger partial charge in [0.15, 0.2) is 0 Å². The molecule has 0 spiro atoms. The first kappa shape index (κ1) is 15.3. The number of nitrogens with zero attached hydrogens (tertiary/aromatic N) is 1. The van der Waals surface area contributed by atoms with Gasteiger partial charge in [-0.3, -0.25) is 0 Å². The Bertz CT molecular complexity index is 371. The minimum atomic E-state index is -0.380. The van der Waals surface area contributed by atoms with Crippen molar-refractivity contribution in [3.05, 3.63) is 30.3 Å². The molecule has 4 heteroatoms. The molecule has 1 aliphatic rings. The molecule has 0 saturated carbocycles. The van der Waals surface area contributed by atoms with Gasteiger partial charge in [-0.05, 0) is 44.5 Å². The van der Waals surface area contributed by atoms with Gasteiger partial charge in [-0.1, -0.05) is 18.2 Å². The lowest BCUT2D eigenvalue weighted by atomic mass is 9.95. The molecule has 0 aromatic heterocycles. The number of aliphatic hydroxyl groups is 2. The van der Waals surface area contributed by atoms with Gasteiger partial charge in [0.05, 0.1) is 12.7 Å².